The average Bonchev–Trinajstić information content (AvgIpc) is 3.34. The zero-order chi connectivity index (χ0) is 23.4. The highest BCUT2D eigenvalue weighted by molar-refractivity contribution is 6.16. The first-order valence-electron chi connectivity index (χ1n) is 10.9. The topological polar surface area (TPSA) is 76.5 Å². The molecule has 0 saturated carbocycles. The number of carbonyl (C=O) groups is 3. The van der Waals surface area contributed by atoms with Gasteiger partial charge in [-0.2, -0.15) is 0 Å². The van der Waals surface area contributed by atoms with Gasteiger partial charge in [-0.1, -0.05) is 42.5 Å². The molecule has 1 saturated heterocycles. The van der Waals surface area contributed by atoms with Gasteiger partial charge >= 0.3 is 6.03 Å². The van der Waals surface area contributed by atoms with Crippen LogP contribution in [0.3, 0.4) is 0 Å². The van der Waals surface area contributed by atoms with Crippen molar-refractivity contribution in [3.63, 3.8) is 0 Å². The third kappa shape index (κ3) is 3.21. The third-order valence-electron chi connectivity index (χ3n) is 6.27. The first kappa shape index (κ1) is 20.9. The van der Waals surface area contributed by atoms with Crippen LogP contribution in [0.5, 0.6) is 0 Å². The van der Waals surface area contributed by atoms with Crippen LogP contribution in [0.15, 0.2) is 59.7 Å². The smallest absolute Gasteiger partial charge is 0.302 e. The van der Waals surface area contributed by atoms with Crippen molar-refractivity contribution in [2.75, 3.05) is 18.5 Å². The van der Waals surface area contributed by atoms with Crippen LogP contribution in [0, 0.1) is 13.8 Å². The third-order valence-corrected chi connectivity index (χ3v) is 6.27. The Morgan fingerprint density at radius 3 is 2.48 bits per heavy atom. The van der Waals surface area contributed by atoms with E-state index in [1.807, 2.05) is 55.3 Å². The Hall–Kier alpha value is -3.94. The zero-order valence-corrected chi connectivity index (χ0v) is 19.0. The molecule has 2 aromatic rings. The molecule has 168 valence electrons. The summed E-state index contributed by atoms with van der Waals surface area (Å²) in [6.45, 7) is 5.20. The number of Topliss-reactive ketones (excluding diaryl/α,β-unsaturated/α-hetero) is 1. The fourth-order valence-corrected chi connectivity index (χ4v) is 4.61. The van der Waals surface area contributed by atoms with Gasteiger partial charge in [0, 0.05) is 18.8 Å². The van der Waals surface area contributed by atoms with Crippen molar-refractivity contribution in [3.05, 3.63) is 71.4 Å². The maximum Gasteiger partial charge on any atom is 0.328 e. The predicted octanol–water partition coefficient (Wildman–Crippen LogP) is 2.97. The van der Waals surface area contributed by atoms with E-state index in [9.17, 15) is 14.4 Å². The molecular weight excluding hydrogens is 418 g/mol. The van der Waals surface area contributed by atoms with E-state index in [1.165, 1.54) is 11.8 Å². The number of amides is 3. The van der Waals surface area contributed by atoms with E-state index in [-0.39, 0.29) is 12.3 Å². The first-order chi connectivity index (χ1) is 15.8. The van der Waals surface area contributed by atoms with Crippen LogP contribution in [0.2, 0.25) is 0 Å². The minimum Gasteiger partial charge on any atom is -0.302 e. The molecule has 0 aliphatic carbocycles. The van der Waals surface area contributed by atoms with Gasteiger partial charge < -0.3 is 4.90 Å². The van der Waals surface area contributed by atoms with Crippen molar-refractivity contribution in [3.8, 4) is 0 Å². The molecule has 0 bridgehead atoms. The Morgan fingerprint density at radius 1 is 1.06 bits per heavy atom. The lowest BCUT2D eigenvalue weighted by molar-refractivity contribution is -0.139. The molecule has 3 amide bonds. The Bertz CT molecular complexity index is 1240. The van der Waals surface area contributed by atoms with Gasteiger partial charge in [0.25, 0.3) is 5.91 Å². The van der Waals surface area contributed by atoms with E-state index >= 15 is 0 Å². The number of aryl methyl sites for hydroxylation is 2. The van der Waals surface area contributed by atoms with Gasteiger partial charge in [-0.15, -0.1) is 0 Å². The van der Waals surface area contributed by atoms with Crippen LogP contribution in [-0.2, 0) is 9.59 Å². The maximum absolute atomic E-state index is 13.4. The number of likely N-dealkylation sites (N-methyl/N-ethyl adjacent to an activating group) is 1. The normalized spacial score (nSPS) is 21.8. The Balaban J connectivity index is 1.64. The molecule has 0 spiro atoms. The number of ketones is 1. The molecule has 0 radical (unpaired) electrons. The van der Waals surface area contributed by atoms with Crippen LogP contribution >= 0.6 is 0 Å². The largest absolute Gasteiger partial charge is 0.328 e. The fraction of sp³-hybridized carbons (Fsp3) is 0.280. The van der Waals surface area contributed by atoms with Gasteiger partial charge in [0.2, 0.25) is 5.96 Å². The van der Waals surface area contributed by atoms with Gasteiger partial charge in [-0.05, 0) is 38.0 Å². The van der Waals surface area contributed by atoms with Crippen LogP contribution < -0.4 is 4.90 Å². The molecule has 2 atom stereocenters. The molecule has 8 heteroatoms. The summed E-state index contributed by atoms with van der Waals surface area (Å²) in [6.07, 6.45) is 1.26. The molecule has 3 aliphatic heterocycles. The molecule has 1 fully saturated rings. The average molecular weight is 444 g/mol. The lowest BCUT2D eigenvalue weighted by Gasteiger charge is -2.39. The summed E-state index contributed by atoms with van der Waals surface area (Å²) in [7, 11) is 1.62. The van der Waals surface area contributed by atoms with Crippen LogP contribution in [-0.4, -0.2) is 64.2 Å². The standard InChI is InChI=1S/C25H25N5O3/c1-15-10-11-16(2)19(12-15)30-20(18-8-6-5-7-9-18)14-28-21-22(26-24(28)30)27(4)25(33)29(23(21)32)13-17(3)31/h5-12,14,21-22H,13H2,1-4H3. The predicted molar refractivity (Wildman–Crippen MR) is 125 cm³/mol. The van der Waals surface area contributed by atoms with Gasteiger partial charge in [-0.25, -0.2) is 9.79 Å². The summed E-state index contributed by atoms with van der Waals surface area (Å²) in [5, 5.41) is 0. The molecular formula is C25H25N5O3. The van der Waals surface area contributed by atoms with Gasteiger partial charge in [0.1, 0.15) is 5.78 Å². The van der Waals surface area contributed by atoms with E-state index in [0.717, 1.165) is 33.0 Å². The highest BCUT2D eigenvalue weighted by Crippen LogP contribution is 2.41. The lowest BCUT2D eigenvalue weighted by atomic mass is 10.1. The van der Waals surface area contributed by atoms with Gasteiger partial charge in [0.05, 0.1) is 17.9 Å². The quantitative estimate of drug-likeness (QED) is 0.726. The van der Waals surface area contributed by atoms with Gasteiger partial charge in [-0.3, -0.25) is 24.3 Å². The number of anilines is 1. The van der Waals surface area contributed by atoms with Crippen LogP contribution in [0.4, 0.5) is 10.5 Å². The molecule has 2 aromatic carbocycles. The summed E-state index contributed by atoms with van der Waals surface area (Å²) in [5.41, 5.74) is 5.02. The van der Waals surface area contributed by atoms with E-state index in [4.69, 9.17) is 4.99 Å². The zero-order valence-electron chi connectivity index (χ0n) is 19.0. The SMILES string of the molecule is CC(=O)CN1C(=O)C2C(N=C3N(c4cc(C)ccc4C)C(c4ccccc4)=CN32)N(C)C1=O. The number of hydrogen-bond donors (Lipinski definition) is 0. The van der Waals surface area contributed by atoms with E-state index < -0.39 is 24.1 Å². The number of hydrogen-bond acceptors (Lipinski definition) is 6. The van der Waals surface area contributed by atoms with Crippen molar-refractivity contribution in [2.45, 2.75) is 33.0 Å². The highest BCUT2D eigenvalue weighted by atomic mass is 16.2. The molecule has 0 aromatic heterocycles. The lowest BCUT2D eigenvalue weighted by Crippen LogP contribution is -2.64. The van der Waals surface area contributed by atoms with E-state index in [0.29, 0.717) is 5.96 Å². The first-order valence-corrected chi connectivity index (χ1v) is 10.9. The van der Waals surface area contributed by atoms with Crippen molar-refractivity contribution in [1.82, 2.24) is 14.7 Å². The number of aliphatic imine (C=N–C) groups is 1. The summed E-state index contributed by atoms with van der Waals surface area (Å²) >= 11 is 0. The number of rotatable bonds is 4. The molecule has 2 unspecified atom stereocenters. The second-order valence-corrected chi connectivity index (χ2v) is 8.72. The van der Waals surface area contributed by atoms with Crippen molar-refractivity contribution < 1.29 is 14.4 Å². The van der Waals surface area contributed by atoms with Crippen molar-refractivity contribution >= 4 is 35.1 Å². The minimum atomic E-state index is -0.726. The second kappa shape index (κ2) is 7.58. The number of nitrogens with zero attached hydrogens (tertiary/aromatic N) is 5. The van der Waals surface area contributed by atoms with Crippen molar-refractivity contribution in [1.29, 1.82) is 0 Å². The summed E-state index contributed by atoms with van der Waals surface area (Å²) in [4.78, 5) is 49.2. The highest BCUT2D eigenvalue weighted by Gasteiger charge is 2.55. The number of urea groups is 1. The summed E-state index contributed by atoms with van der Waals surface area (Å²) in [6, 6.07) is 14.9. The number of guanidine groups is 1. The van der Waals surface area contributed by atoms with Crippen molar-refractivity contribution in [2.24, 2.45) is 4.99 Å². The molecule has 33 heavy (non-hydrogen) atoms. The maximum atomic E-state index is 13.4. The number of benzene rings is 2. The number of imide groups is 1. The molecule has 3 aliphatic rings. The van der Waals surface area contributed by atoms with E-state index in [2.05, 4.69) is 23.1 Å². The Labute approximate surface area is 192 Å². The molecule has 3 heterocycles. The Kier molecular flexibility index (Phi) is 4.81. The van der Waals surface area contributed by atoms with Crippen LogP contribution in [0.1, 0.15) is 23.6 Å². The van der Waals surface area contributed by atoms with E-state index in [1.54, 1.807) is 7.05 Å². The second-order valence-electron chi connectivity index (χ2n) is 8.72. The molecule has 5 rings (SSSR count). The Morgan fingerprint density at radius 2 is 1.79 bits per heavy atom. The fourth-order valence-electron chi connectivity index (χ4n) is 4.61. The minimum absolute atomic E-state index is 0.246. The van der Waals surface area contributed by atoms with Gasteiger partial charge in [0.15, 0.2) is 12.2 Å². The molecule has 0 N–H and O–H groups in total. The molecule has 8 nitrogen and oxygen atoms in total. The monoisotopic (exact) mass is 443 g/mol. The van der Waals surface area contributed by atoms with Crippen LogP contribution in [0.25, 0.3) is 5.70 Å². The summed E-state index contributed by atoms with van der Waals surface area (Å²) < 4.78 is 0. The number of carbonyl (C=O) groups excluding carboxylic acids is 3. The summed E-state index contributed by atoms with van der Waals surface area (Å²) in [5.74, 6) is -0.0691. The number of fused-ring (bicyclic) bond motifs is 3.